The van der Waals surface area contributed by atoms with Crippen molar-refractivity contribution in [2.45, 2.75) is 13.0 Å². The number of fused-ring (bicyclic) bond motifs is 1. The van der Waals surface area contributed by atoms with Crippen molar-refractivity contribution in [3.8, 4) is 27.7 Å². The fourth-order valence-electron chi connectivity index (χ4n) is 4.55. The van der Waals surface area contributed by atoms with E-state index >= 15 is 0 Å². The maximum absolute atomic E-state index is 6.59. The SMILES string of the molecule is Pc1ccc(-c2sc3cc(OCc4ccccc4)ccc3c2Oc2ccc(C3=CCNCC3)cc2)cc1. The van der Waals surface area contributed by atoms with Crippen molar-refractivity contribution < 1.29 is 9.47 Å². The monoisotopic (exact) mass is 521 g/mol. The van der Waals surface area contributed by atoms with E-state index in [1.54, 1.807) is 11.3 Å². The topological polar surface area (TPSA) is 30.5 Å². The average Bonchev–Trinajstić information content (AvgIpc) is 3.31. The first-order valence-electron chi connectivity index (χ1n) is 12.5. The van der Waals surface area contributed by atoms with Gasteiger partial charge in [0.25, 0.3) is 0 Å². The minimum absolute atomic E-state index is 0.544. The van der Waals surface area contributed by atoms with Gasteiger partial charge in [0, 0.05) is 16.6 Å². The molecule has 1 unspecified atom stereocenters. The fourth-order valence-corrected chi connectivity index (χ4v) is 5.91. The summed E-state index contributed by atoms with van der Waals surface area (Å²) in [7, 11) is 2.76. The summed E-state index contributed by atoms with van der Waals surface area (Å²) >= 11 is 1.74. The number of hydrogen-bond donors (Lipinski definition) is 1. The first-order chi connectivity index (χ1) is 18.2. The molecule has 1 N–H and O–H groups in total. The normalized spacial score (nSPS) is 13.4. The van der Waals surface area contributed by atoms with Gasteiger partial charge in [-0.3, -0.25) is 0 Å². The van der Waals surface area contributed by atoms with Crippen molar-refractivity contribution in [1.82, 2.24) is 5.32 Å². The highest BCUT2D eigenvalue weighted by molar-refractivity contribution is 7.27. The zero-order chi connectivity index (χ0) is 25.0. The minimum Gasteiger partial charge on any atom is -0.489 e. The van der Waals surface area contributed by atoms with Crippen LogP contribution in [-0.2, 0) is 6.61 Å². The standard InChI is InChI=1S/C32H28NO2PS/c36-28-13-8-25(9-14-28)32-31(35-26-10-6-23(7-11-26)24-16-18-33-19-17-24)29-15-12-27(20-30(29)37-32)34-21-22-4-2-1-3-5-22/h1-16,20,33H,17-19,21,36H2. The van der Waals surface area contributed by atoms with Crippen LogP contribution in [0.25, 0.3) is 26.1 Å². The molecule has 4 aromatic carbocycles. The molecule has 37 heavy (non-hydrogen) atoms. The number of nitrogens with one attached hydrogen (secondary N) is 1. The lowest BCUT2D eigenvalue weighted by Gasteiger charge is -2.15. The Morgan fingerprint density at radius 1 is 0.811 bits per heavy atom. The van der Waals surface area contributed by atoms with E-state index in [2.05, 4.69) is 93.4 Å². The molecule has 0 amide bonds. The third-order valence-electron chi connectivity index (χ3n) is 6.55. The highest BCUT2D eigenvalue weighted by atomic mass is 32.1. The Kier molecular flexibility index (Phi) is 7.05. The van der Waals surface area contributed by atoms with Crippen molar-refractivity contribution in [2.75, 3.05) is 13.1 Å². The van der Waals surface area contributed by atoms with Gasteiger partial charge in [-0.15, -0.1) is 20.6 Å². The molecule has 0 bridgehead atoms. The van der Waals surface area contributed by atoms with Gasteiger partial charge < -0.3 is 14.8 Å². The van der Waals surface area contributed by atoms with E-state index < -0.39 is 0 Å². The molecule has 0 spiro atoms. The number of benzene rings is 4. The molecular weight excluding hydrogens is 493 g/mol. The van der Waals surface area contributed by atoms with Gasteiger partial charge in [-0.1, -0.05) is 72.8 Å². The van der Waals surface area contributed by atoms with E-state index in [-0.39, 0.29) is 0 Å². The molecule has 184 valence electrons. The van der Waals surface area contributed by atoms with Gasteiger partial charge in [-0.05, 0) is 70.9 Å². The van der Waals surface area contributed by atoms with Gasteiger partial charge >= 0.3 is 0 Å². The Labute approximate surface area is 224 Å². The van der Waals surface area contributed by atoms with Crippen molar-refractivity contribution in [2.24, 2.45) is 0 Å². The molecule has 1 aromatic heterocycles. The van der Waals surface area contributed by atoms with Gasteiger partial charge in [0.2, 0.25) is 0 Å². The fraction of sp³-hybridized carbons (Fsp3) is 0.125. The van der Waals surface area contributed by atoms with E-state index in [0.29, 0.717) is 6.61 Å². The van der Waals surface area contributed by atoms with Crippen molar-refractivity contribution in [3.05, 3.63) is 114 Å². The molecule has 5 aromatic rings. The second-order valence-corrected chi connectivity index (χ2v) is 10.8. The largest absolute Gasteiger partial charge is 0.489 e. The second kappa shape index (κ2) is 10.9. The van der Waals surface area contributed by atoms with E-state index in [1.165, 1.54) is 11.1 Å². The van der Waals surface area contributed by atoms with Crippen molar-refractivity contribution >= 4 is 41.5 Å². The first kappa shape index (κ1) is 23.9. The van der Waals surface area contributed by atoms with Crippen LogP contribution in [-0.4, -0.2) is 13.1 Å². The van der Waals surface area contributed by atoms with E-state index in [9.17, 15) is 0 Å². The Hall–Kier alpha value is -3.43. The Morgan fingerprint density at radius 2 is 1.57 bits per heavy atom. The van der Waals surface area contributed by atoms with Crippen LogP contribution in [0.2, 0.25) is 0 Å². The highest BCUT2D eigenvalue weighted by Crippen LogP contribution is 2.47. The minimum atomic E-state index is 0.544. The van der Waals surface area contributed by atoms with E-state index in [4.69, 9.17) is 9.47 Å². The lowest BCUT2D eigenvalue weighted by atomic mass is 10.0. The number of hydrogen-bond acceptors (Lipinski definition) is 4. The van der Waals surface area contributed by atoms with Gasteiger partial charge in [-0.25, -0.2) is 0 Å². The van der Waals surface area contributed by atoms with Crippen LogP contribution in [0.15, 0.2) is 103 Å². The summed E-state index contributed by atoms with van der Waals surface area (Å²) in [6, 6.07) is 33.5. The average molecular weight is 522 g/mol. The van der Waals surface area contributed by atoms with Gasteiger partial charge in [0.1, 0.15) is 18.1 Å². The number of thiophene rings is 1. The molecule has 6 rings (SSSR count). The Bertz CT molecular complexity index is 1540. The maximum atomic E-state index is 6.59. The third-order valence-corrected chi connectivity index (χ3v) is 8.11. The van der Waals surface area contributed by atoms with Crippen LogP contribution in [0.4, 0.5) is 0 Å². The number of rotatable bonds is 7. The first-order valence-corrected chi connectivity index (χ1v) is 13.9. The summed E-state index contributed by atoms with van der Waals surface area (Å²) in [4.78, 5) is 1.12. The highest BCUT2D eigenvalue weighted by Gasteiger charge is 2.17. The molecule has 0 aliphatic carbocycles. The van der Waals surface area contributed by atoms with Crippen molar-refractivity contribution in [1.29, 1.82) is 0 Å². The second-order valence-electron chi connectivity index (χ2n) is 9.12. The molecule has 1 aliphatic heterocycles. The smallest absolute Gasteiger partial charge is 0.153 e. The molecule has 0 radical (unpaired) electrons. The summed E-state index contributed by atoms with van der Waals surface area (Å²) in [6.45, 7) is 2.51. The summed E-state index contributed by atoms with van der Waals surface area (Å²) in [5.41, 5.74) is 4.96. The Balaban J connectivity index is 1.33. The molecule has 5 heteroatoms. The predicted octanol–water partition coefficient (Wildman–Crippen LogP) is 7.82. The van der Waals surface area contributed by atoms with Crippen LogP contribution >= 0.6 is 20.6 Å². The van der Waals surface area contributed by atoms with Crippen molar-refractivity contribution in [3.63, 3.8) is 0 Å². The lowest BCUT2D eigenvalue weighted by Crippen LogP contribution is -2.19. The van der Waals surface area contributed by atoms with Crippen LogP contribution < -0.4 is 20.1 Å². The molecule has 2 heterocycles. The Morgan fingerprint density at radius 3 is 2.32 bits per heavy atom. The van der Waals surface area contributed by atoms with E-state index in [0.717, 1.165) is 68.2 Å². The van der Waals surface area contributed by atoms with Crippen LogP contribution in [0.5, 0.6) is 17.2 Å². The molecular formula is C32H28NO2PS. The molecule has 0 saturated heterocycles. The zero-order valence-corrected chi connectivity index (χ0v) is 22.4. The predicted molar refractivity (Wildman–Crippen MR) is 159 cm³/mol. The summed E-state index contributed by atoms with van der Waals surface area (Å²) in [5, 5.41) is 5.63. The summed E-state index contributed by atoms with van der Waals surface area (Å²) in [6.07, 6.45) is 3.33. The molecule has 0 fully saturated rings. The number of ether oxygens (including phenoxy) is 2. The maximum Gasteiger partial charge on any atom is 0.153 e. The summed E-state index contributed by atoms with van der Waals surface area (Å²) in [5.74, 6) is 2.59. The van der Waals surface area contributed by atoms with Crippen LogP contribution in [0.3, 0.4) is 0 Å². The van der Waals surface area contributed by atoms with Gasteiger partial charge in [0.05, 0.1) is 4.88 Å². The molecule has 0 saturated carbocycles. The lowest BCUT2D eigenvalue weighted by molar-refractivity contribution is 0.306. The molecule has 1 atom stereocenters. The van der Waals surface area contributed by atoms with Gasteiger partial charge in [-0.2, -0.15) is 0 Å². The van der Waals surface area contributed by atoms with Gasteiger partial charge in [0.15, 0.2) is 5.75 Å². The molecule has 1 aliphatic rings. The zero-order valence-electron chi connectivity index (χ0n) is 20.4. The van der Waals surface area contributed by atoms with Crippen LogP contribution in [0.1, 0.15) is 17.5 Å². The third kappa shape index (κ3) is 5.47. The summed E-state index contributed by atoms with van der Waals surface area (Å²) < 4.78 is 13.8. The quantitative estimate of drug-likeness (QED) is 0.222. The van der Waals surface area contributed by atoms with Crippen LogP contribution in [0, 0.1) is 0 Å². The van der Waals surface area contributed by atoms with E-state index in [1.807, 2.05) is 24.3 Å². The molecule has 3 nitrogen and oxygen atoms in total.